The fourth-order valence-corrected chi connectivity index (χ4v) is 2.76. The SMILES string of the molecule is CCN(C)C(=O)CN(C)C(=O)CNC(=O)CN(C)C=O.CCN(C)C(=O)CN(C)C=O.CCN(C)C(=O)CNC=O.CCNC(C)C.NC(=O)CNC=O. The van der Waals surface area contributed by atoms with E-state index in [1.54, 1.807) is 33.1 Å². The molecule has 0 rings (SSSR count). The van der Waals surface area contributed by atoms with Gasteiger partial charge in [-0.15, -0.1) is 0 Å². The van der Waals surface area contributed by atoms with E-state index in [-0.39, 0.29) is 62.9 Å². The van der Waals surface area contributed by atoms with Gasteiger partial charge in [0.15, 0.2) is 0 Å². The van der Waals surface area contributed by atoms with E-state index in [2.05, 4.69) is 47.8 Å². The largest absolute Gasteiger partial charge is 0.368 e. The third-order valence-electron chi connectivity index (χ3n) is 6.38. The van der Waals surface area contributed by atoms with Crippen molar-refractivity contribution < 1.29 is 47.9 Å². The van der Waals surface area contributed by atoms with E-state index in [1.165, 1.54) is 33.7 Å². The Balaban J connectivity index is -0.000000201. The molecule has 0 aliphatic heterocycles. The van der Waals surface area contributed by atoms with Gasteiger partial charge in [0, 0.05) is 68.0 Å². The molecule has 0 fully saturated rings. The van der Waals surface area contributed by atoms with Gasteiger partial charge in [-0.05, 0) is 27.3 Å². The molecule has 0 aromatic heterocycles. The van der Waals surface area contributed by atoms with Gasteiger partial charge in [-0.1, -0.05) is 20.8 Å². The van der Waals surface area contributed by atoms with E-state index in [4.69, 9.17) is 0 Å². The summed E-state index contributed by atoms with van der Waals surface area (Å²) in [6, 6.07) is 0.648. The number of hydrogen-bond acceptors (Lipinski definition) is 11. The van der Waals surface area contributed by atoms with E-state index < -0.39 is 11.8 Å². The summed E-state index contributed by atoms with van der Waals surface area (Å²) in [4.78, 5) is 114. The Bertz CT molecular complexity index is 1100. The van der Waals surface area contributed by atoms with Gasteiger partial charge < -0.3 is 56.4 Å². The van der Waals surface area contributed by atoms with E-state index in [0.717, 1.165) is 11.4 Å². The highest BCUT2D eigenvalue weighted by Crippen LogP contribution is 1.90. The number of hydrogen-bond donors (Lipinski definition) is 5. The lowest BCUT2D eigenvalue weighted by atomic mass is 10.4. The molecule has 0 bridgehead atoms. The zero-order valence-electron chi connectivity index (χ0n) is 34.3. The van der Waals surface area contributed by atoms with Crippen LogP contribution >= 0.6 is 0 Å². The van der Waals surface area contributed by atoms with Crippen molar-refractivity contribution in [1.29, 1.82) is 0 Å². The lowest BCUT2D eigenvalue weighted by Crippen LogP contribution is -2.44. The maximum atomic E-state index is 11.7. The molecular weight excluding hydrogens is 710 g/mol. The fourth-order valence-electron chi connectivity index (χ4n) is 2.76. The average molecular weight is 778 g/mol. The monoisotopic (exact) mass is 778 g/mol. The minimum atomic E-state index is -0.535. The summed E-state index contributed by atoms with van der Waals surface area (Å²) in [6.45, 7) is 14.8. The topological polar surface area (TPSA) is 264 Å². The Kier molecular flexibility index (Phi) is 41.7. The van der Waals surface area contributed by atoms with Gasteiger partial charge in [-0.2, -0.15) is 0 Å². The number of likely N-dealkylation sites (N-methyl/N-ethyl adjacent to an activating group) is 6. The molecule has 0 aliphatic rings. The van der Waals surface area contributed by atoms with E-state index in [0.29, 0.717) is 51.3 Å². The summed E-state index contributed by atoms with van der Waals surface area (Å²) >= 11 is 0. The first-order chi connectivity index (χ1) is 25.2. The Morgan fingerprint density at radius 1 is 0.556 bits per heavy atom. The van der Waals surface area contributed by atoms with Crippen molar-refractivity contribution in [3.05, 3.63) is 0 Å². The molecule has 0 radical (unpaired) electrons. The molecule has 0 spiro atoms. The van der Waals surface area contributed by atoms with E-state index in [1.807, 2.05) is 20.8 Å². The van der Waals surface area contributed by atoms with Crippen LogP contribution < -0.4 is 27.0 Å². The van der Waals surface area contributed by atoms with Crippen LogP contribution in [0.5, 0.6) is 0 Å². The van der Waals surface area contributed by atoms with Crippen LogP contribution in [0.3, 0.4) is 0 Å². The van der Waals surface area contributed by atoms with Crippen LogP contribution in [0.2, 0.25) is 0 Å². The number of rotatable bonds is 21. The van der Waals surface area contributed by atoms with Gasteiger partial charge in [-0.25, -0.2) is 0 Å². The summed E-state index contributed by atoms with van der Waals surface area (Å²) < 4.78 is 0. The smallest absolute Gasteiger partial charge is 0.242 e. The second-order valence-corrected chi connectivity index (χ2v) is 11.5. The van der Waals surface area contributed by atoms with Crippen LogP contribution in [0.4, 0.5) is 0 Å². The van der Waals surface area contributed by atoms with Crippen molar-refractivity contribution in [1.82, 2.24) is 50.7 Å². The summed E-state index contributed by atoms with van der Waals surface area (Å²) in [7, 11) is 9.58. The summed E-state index contributed by atoms with van der Waals surface area (Å²) in [5, 5.41) is 9.98. The lowest BCUT2D eigenvalue weighted by Gasteiger charge is -2.21. The number of nitrogens with one attached hydrogen (secondary N) is 4. The van der Waals surface area contributed by atoms with Gasteiger partial charge in [0.05, 0.1) is 39.3 Å². The number of primary amides is 1. The van der Waals surface area contributed by atoms with Crippen molar-refractivity contribution in [2.45, 2.75) is 47.6 Å². The first kappa shape index (κ1) is 58.0. The Morgan fingerprint density at radius 2 is 0.944 bits per heavy atom. The number of nitrogens with zero attached hydrogens (tertiary/aromatic N) is 6. The highest BCUT2D eigenvalue weighted by atomic mass is 16.2. The maximum Gasteiger partial charge on any atom is 0.242 e. The molecule has 0 aliphatic carbocycles. The molecule has 314 valence electrons. The highest BCUT2D eigenvalue weighted by molar-refractivity contribution is 5.89. The number of carbonyl (C=O) groups is 10. The number of nitrogens with two attached hydrogens (primary N) is 1. The Morgan fingerprint density at radius 3 is 1.28 bits per heavy atom. The second kappa shape index (κ2) is 38.9. The van der Waals surface area contributed by atoms with Crippen molar-refractivity contribution >= 4 is 61.1 Å². The van der Waals surface area contributed by atoms with Crippen LogP contribution in [-0.4, -0.2) is 204 Å². The predicted molar refractivity (Wildman–Crippen MR) is 204 cm³/mol. The Hall–Kier alpha value is -5.34. The summed E-state index contributed by atoms with van der Waals surface area (Å²) in [6.07, 6.45) is 2.10. The molecule has 0 aromatic carbocycles. The lowest BCUT2D eigenvalue weighted by molar-refractivity contribution is -0.138. The zero-order chi connectivity index (χ0) is 43.2. The summed E-state index contributed by atoms with van der Waals surface area (Å²) in [5.41, 5.74) is 4.62. The van der Waals surface area contributed by atoms with Crippen LogP contribution in [-0.2, 0) is 47.9 Å². The average Bonchev–Trinajstić information content (AvgIpc) is 3.14. The molecule has 6 N–H and O–H groups in total. The molecule has 0 aromatic rings. The zero-order valence-corrected chi connectivity index (χ0v) is 34.3. The molecular formula is C33H67N11O10. The molecule has 0 atom stereocenters. The van der Waals surface area contributed by atoms with Gasteiger partial charge in [0.1, 0.15) is 0 Å². The minimum Gasteiger partial charge on any atom is -0.368 e. The molecule has 0 heterocycles. The first-order valence-corrected chi connectivity index (χ1v) is 17.1. The Labute approximate surface area is 320 Å². The second-order valence-electron chi connectivity index (χ2n) is 11.5. The van der Waals surface area contributed by atoms with Crippen LogP contribution in [0, 0.1) is 0 Å². The molecule has 10 amide bonds. The minimum absolute atomic E-state index is 0.0344. The van der Waals surface area contributed by atoms with Gasteiger partial charge in [0.2, 0.25) is 61.1 Å². The quantitative estimate of drug-likeness (QED) is 0.0704. The fraction of sp³-hybridized carbons (Fsp3) is 0.697. The maximum absolute atomic E-state index is 11.7. The van der Waals surface area contributed by atoms with Crippen molar-refractivity contribution in [3.63, 3.8) is 0 Å². The molecule has 0 saturated heterocycles. The van der Waals surface area contributed by atoms with Crippen molar-refractivity contribution in [2.75, 3.05) is 108 Å². The van der Waals surface area contributed by atoms with Gasteiger partial charge in [-0.3, -0.25) is 47.9 Å². The summed E-state index contributed by atoms with van der Waals surface area (Å²) in [5.74, 6) is -1.62. The molecule has 0 unspecified atom stereocenters. The number of carbonyl (C=O) groups excluding carboxylic acids is 10. The number of amides is 10. The van der Waals surface area contributed by atoms with Crippen LogP contribution in [0.15, 0.2) is 0 Å². The molecule has 0 saturated carbocycles. The van der Waals surface area contributed by atoms with Crippen molar-refractivity contribution in [2.24, 2.45) is 5.73 Å². The highest BCUT2D eigenvalue weighted by Gasteiger charge is 2.16. The van der Waals surface area contributed by atoms with Gasteiger partial charge in [0.25, 0.3) is 0 Å². The van der Waals surface area contributed by atoms with Gasteiger partial charge >= 0.3 is 0 Å². The first-order valence-electron chi connectivity index (χ1n) is 17.1. The van der Waals surface area contributed by atoms with E-state index >= 15 is 0 Å². The molecule has 54 heavy (non-hydrogen) atoms. The third-order valence-corrected chi connectivity index (χ3v) is 6.38. The van der Waals surface area contributed by atoms with Crippen molar-refractivity contribution in [3.8, 4) is 0 Å². The standard InChI is InChI=1S/C12H22N4O4.C7H14N2O2.C6H12N2O2.C5H13N.C3H6N2O2/c1-5-15(3)12(20)8-16(4)11(19)6-13-10(18)7-14(2)9-17;1-4-9(3)7(11)5-8(2)6-10;1-3-8(2)6(10)4-7-5-9;1-4-6-5(2)3;4-3(7)1-5-2-6/h9H,5-8H2,1-4H3,(H,13,18);6H,4-5H2,1-3H3;5H,3-4H2,1-2H3,(H,7,9);5-6H,4H2,1-3H3;2H,1H2,(H2,4,7)(H,5,6). The van der Waals surface area contributed by atoms with Crippen LogP contribution in [0.1, 0.15) is 41.5 Å². The van der Waals surface area contributed by atoms with Crippen LogP contribution in [0.25, 0.3) is 0 Å². The third kappa shape index (κ3) is 41.1. The molecule has 21 heteroatoms. The normalized spacial score (nSPS) is 9.06. The van der Waals surface area contributed by atoms with E-state index in [9.17, 15) is 47.9 Å². The predicted octanol–water partition coefficient (Wildman–Crippen LogP) is -3.89. The molecule has 21 nitrogen and oxygen atoms in total.